The SMILES string of the molecule is CCc1ccccc1CCCS. The molecule has 1 rings (SSSR count). The molecule has 0 saturated carbocycles. The van der Waals surface area contributed by atoms with Crippen molar-refractivity contribution in [2.24, 2.45) is 0 Å². The fourth-order valence-corrected chi connectivity index (χ4v) is 1.57. The summed E-state index contributed by atoms with van der Waals surface area (Å²) in [6.45, 7) is 2.21. The van der Waals surface area contributed by atoms with E-state index in [2.05, 4.69) is 43.8 Å². The molecule has 0 heterocycles. The van der Waals surface area contributed by atoms with Crippen molar-refractivity contribution < 1.29 is 0 Å². The van der Waals surface area contributed by atoms with Crippen molar-refractivity contribution in [2.45, 2.75) is 26.2 Å². The van der Waals surface area contributed by atoms with Crippen LogP contribution in [0.5, 0.6) is 0 Å². The highest BCUT2D eigenvalue weighted by Gasteiger charge is 1.97. The summed E-state index contributed by atoms with van der Waals surface area (Å²) in [5.74, 6) is 0.984. The third-order valence-electron chi connectivity index (χ3n) is 2.10. The predicted octanol–water partition coefficient (Wildman–Crippen LogP) is 3.11. The van der Waals surface area contributed by atoms with Crippen molar-refractivity contribution in [2.75, 3.05) is 5.75 Å². The average molecular weight is 180 g/mol. The summed E-state index contributed by atoms with van der Waals surface area (Å²) >= 11 is 4.21. The second-order valence-corrected chi connectivity index (χ2v) is 3.40. The molecule has 0 aliphatic heterocycles. The van der Waals surface area contributed by atoms with Crippen molar-refractivity contribution >= 4 is 12.6 Å². The molecule has 0 aliphatic carbocycles. The fourth-order valence-electron chi connectivity index (χ4n) is 1.42. The maximum absolute atomic E-state index is 4.21. The number of hydrogen-bond donors (Lipinski definition) is 1. The molecule has 1 aromatic carbocycles. The van der Waals surface area contributed by atoms with Crippen LogP contribution in [0, 0.1) is 0 Å². The Bertz CT molecular complexity index is 230. The third kappa shape index (κ3) is 2.56. The largest absolute Gasteiger partial charge is 0.179 e. The number of rotatable bonds is 4. The lowest BCUT2D eigenvalue weighted by atomic mass is 10.0. The van der Waals surface area contributed by atoms with Gasteiger partial charge in [-0.3, -0.25) is 0 Å². The maximum atomic E-state index is 4.21. The minimum Gasteiger partial charge on any atom is -0.179 e. The zero-order valence-electron chi connectivity index (χ0n) is 7.59. The molecule has 0 unspecified atom stereocenters. The van der Waals surface area contributed by atoms with Crippen LogP contribution in [0.4, 0.5) is 0 Å². The summed E-state index contributed by atoms with van der Waals surface area (Å²) in [6.07, 6.45) is 3.50. The van der Waals surface area contributed by atoms with E-state index in [-0.39, 0.29) is 0 Å². The van der Waals surface area contributed by atoms with Gasteiger partial charge in [0.05, 0.1) is 0 Å². The van der Waals surface area contributed by atoms with E-state index in [1.54, 1.807) is 0 Å². The first-order valence-corrected chi connectivity index (χ1v) is 5.19. The van der Waals surface area contributed by atoms with Gasteiger partial charge in [-0.1, -0.05) is 31.2 Å². The molecule has 0 amide bonds. The zero-order valence-corrected chi connectivity index (χ0v) is 8.48. The van der Waals surface area contributed by atoms with Crippen molar-refractivity contribution in [3.8, 4) is 0 Å². The highest BCUT2D eigenvalue weighted by atomic mass is 32.1. The topological polar surface area (TPSA) is 0 Å². The first-order chi connectivity index (χ1) is 5.88. The van der Waals surface area contributed by atoms with Crippen LogP contribution in [0.1, 0.15) is 24.5 Å². The first-order valence-electron chi connectivity index (χ1n) is 4.56. The summed E-state index contributed by atoms with van der Waals surface area (Å²) < 4.78 is 0. The van der Waals surface area contributed by atoms with Gasteiger partial charge in [-0.2, -0.15) is 12.6 Å². The Morgan fingerprint density at radius 3 is 2.42 bits per heavy atom. The van der Waals surface area contributed by atoms with Crippen LogP contribution in [-0.2, 0) is 12.8 Å². The van der Waals surface area contributed by atoms with Crippen LogP contribution in [0.25, 0.3) is 0 Å². The monoisotopic (exact) mass is 180 g/mol. The molecule has 66 valence electrons. The maximum Gasteiger partial charge on any atom is -0.00947 e. The second kappa shape index (κ2) is 5.26. The molecule has 0 atom stereocenters. The standard InChI is InChI=1S/C11H16S/c1-2-10-6-3-4-7-11(10)8-5-9-12/h3-4,6-7,12H,2,5,8-9H2,1H3. The van der Waals surface area contributed by atoms with E-state index in [0.717, 1.165) is 12.2 Å². The summed E-state index contributed by atoms with van der Waals surface area (Å²) in [6, 6.07) is 8.67. The Morgan fingerprint density at radius 2 is 1.83 bits per heavy atom. The molecule has 0 fully saturated rings. The van der Waals surface area contributed by atoms with Gasteiger partial charge in [0.15, 0.2) is 0 Å². The molecule has 1 heteroatoms. The molecule has 12 heavy (non-hydrogen) atoms. The molecule has 1 aromatic rings. The minimum atomic E-state index is 0.984. The van der Waals surface area contributed by atoms with Crippen molar-refractivity contribution in [3.05, 3.63) is 35.4 Å². The van der Waals surface area contributed by atoms with Gasteiger partial charge in [0.25, 0.3) is 0 Å². The Hall–Kier alpha value is -0.430. The fraction of sp³-hybridized carbons (Fsp3) is 0.455. The van der Waals surface area contributed by atoms with Crippen LogP contribution in [-0.4, -0.2) is 5.75 Å². The van der Waals surface area contributed by atoms with Crippen LogP contribution >= 0.6 is 12.6 Å². The molecule has 0 saturated heterocycles. The molecule has 0 nitrogen and oxygen atoms in total. The Balaban J connectivity index is 2.68. The lowest BCUT2D eigenvalue weighted by Crippen LogP contribution is -1.92. The van der Waals surface area contributed by atoms with Gasteiger partial charge in [-0.15, -0.1) is 0 Å². The van der Waals surface area contributed by atoms with E-state index >= 15 is 0 Å². The number of thiol groups is 1. The van der Waals surface area contributed by atoms with Crippen LogP contribution in [0.15, 0.2) is 24.3 Å². The van der Waals surface area contributed by atoms with E-state index in [9.17, 15) is 0 Å². The first kappa shape index (κ1) is 9.66. The predicted molar refractivity (Wildman–Crippen MR) is 58.0 cm³/mol. The molecule has 0 spiro atoms. The summed E-state index contributed by atoms with van der Waals surface area (Å²) in [7, 11) is 0. The molecule has 0 N–H and O–H groups in total. The lowest BCUT2D eigenvalue weighted by molar-refractivity contribution is 0.911. The number of hydrogen-bond acceptors (Lipinski definition) is 1. The van der Waals surface area contributed by atoms with Gasteiger partial charge < -0.3 is 0 Å². The molecule has 0 radical (unpaired) electrons. The van der Waals surface area contributed by atoms with Crippen LogP contribution < -0.4 is 0 Å². The van der Waals surface area contributed by atoms with E-state index in [4.69, 9.17) is 0 Å². The summed E-state index contributed by atoms with van der Waals surface area (Å²) in [5.41, 5.74) is 2.98. The van der Waals surface area contributed by atoms with Gasteiger partial charge in [-0.25, -0.2) is 0 Å². The molecular formula is C11H16S. The molecule has 0 aliphatic rings. The van der Waals surface area contributed by atoms with E-state index in [1.807, 2.05) is 0 Å². The van der Waals surface area contributed by atoms with E-state index < -0.39 is 0 Å². The van der Waals surface area contributed by atoms with Gasteiger partial charge in [0.2, 0.25) is 0 Å². The Kier molecular flexibility index (Phi) is 4.23. The van der Waals surface area contributed by atoms with Gasteiger partial charge >= 0.3 is 0 Å². The molecular weight excluding hydrogens is 164 g/mol. The van der Waals surface area contributed by atoms with Crippen molar-refractivity contribution in [1.29, 1.82) is 0 Å². The Morgan fingerprint density at radius 1 is 1.17 bits per heavy atom. The van der Waals surface area contributed by atoms with Gasteiger partial charge in [0.1, 0.15) is 0 Å². The van der Waals surface area contributed by atoms with Gasteiger partial charge in [0, 0.05) is 0 Å². The third-order valence-corrected chi connectivity index (χ3v) is 2.42. The lowest BCUT2D eigenvalue weighted by Gasteiger charge is -2.05. The summed E-state index contributed by atoms with van der Waals surface area (Å²) in [5, 5.41) is 0. The van der Waals surface area contributed by atoms with Crippen molar-refractivity contribution in [1.82, 2.24) is 0 Å². The van der Waals surface area contributed by atoms with E-state index in [0.29, 0.717) is 0 Å². The number of benzene rings is 1. The van der Waals surface area contributed by atoms with E-state index in [1.165, 1.54) is 24.0 Å². The van der Waals surface area contributed by atoms with Gasteiger partial charge in [-0.05, 0) is 36.1 Å². The Labute approximate surface area is 80.4 Å². The highest BCUT2D eigenvalue weighted by molar-refractivity contribution is 7.80. The van der Waals surface area contributed by atoms with Crippen LogP contribution in [0.2, 0.25) is 0 Å². The number of aryl methyl sites for hydroxylation is 2. The zero-order chi connectivity index (χ0) is 8.81. The average Bonchev–Trinajstić information content (AvgIpc) is 2.15. The summed E-state index contributed by atoms with van der Waals surface area (Å²) in [4.78, 5) is 0. The smallest absolute Gasteiger partial charge is 0.00947 e. The second-order valence-electron chi connectivity index (χ2n) is 2.95. The normalized spacial score (nSPS) is 10.2. The minimum absolute atomic E-state index is 0.984. The quantitative estimate of drug-likeness (QED) is 0.676. The molecule has 0 aromatic heterocycles. The van der Waals surface area contributed by atoms with Crippen molar-refractivity contribution in [3.63, 3.8) is 0 Å². The highest BCUT2D eigenvalue weighted by Crippen LogP contribution is 2.11. The van der Waals surface area contributed by atoms with Crippen LogP contribution in [0.3, 0.4) is 0 Å². The molecule has 0 bridgehead atoms.